The Bertz CT molecular complexity index is 1290. The zero-order valence-corrected chi connectivity index (χ0v) is 23.9. The summed E-state index contributed by atoms with van der Waals surface area (Å²) >= 11 is 3.46. The minimum Gasteiger partial charge on any atom is -0.493 e. The number of hydrazone groups is 1. The van der Waals surface area contributed by atoms with Crippen LogP contribution in [0.2, 0.25) is 0 Å². The first-order valence-corrected chi connectivity index (χ1v) is 13.0. The van der Waals surface area contributed by atoms with E-state index < -0.39 is 23.9 Å². The number of urea groups is 1. The van der Waals surface area contributed by atoms with Crippen molar-refractivity contribution in [3.63, 3.8) is 0 Å². The Balaban J connectivity index is 1.65. The average Bonchev–Trinajstić information content (AvgIpc) is 2.88. The van der Waals surface area contributed by atoms with Gasteiger partial charge in [0.05, 0.1) is 42.1 Å². The molecule has 0 fully saturated rings. The van der Waals surface area contributed by atoms with Crippen LogP contribution in [0.4, 0.5) is 4.79 Å². The molecule has 0 aliphatic carbocycles. The lowest BCUT2D eigenvalue weighted by Gasteiger charge is -2.28. The minimum atomic E-state index is -0.760. The standard InChI is InChI=1S/C27H31BrN4O7/c1-6-37-26(34)24-16(4)30-27(35)31-25(24)18-8-10-21(22(12-18)36-5)38-14-23(33)32-29-13-17-7-9-20(19(28)11-17)39-15(2)3/h7-13,15,25H,6,14H2,1-5H3,(H,32,33)(H2,30,31,35)/b29-13+/t25-/m1/s1. The molecule has 39 heavy (non-hydrogen) atoms. The van der Waals surface area contributed by atoms with E-state index in [9.17, 15) is 14.4 Å². The predicted octanol–water partition coefficient (Wildman–Crippen LogP) is 3.97. The molecule has 1 aliphatic rings. The Morgan fingerprint density at radius 3 is 2.56 bits per heavy atom. The molecular weight excluding hydrogens is 572 g/mol. The fraction of sp³-hybridized carbons (Fsp3) is 0.333. The molecule has 1 heterocycles. The van der Waals surface area contributed by atoms with Crippen molar-refractivity contribution in [2.24, 2.45) is 5.10 Å². The van der Waals surface area contributed by atoms with Crippen molar-refractivity contribution in [2.45, 2.75) is 39.8 Å². The van der Waals surface area contributed by atoms with Crippen LogP contribution in [-0.4, -0.2) is 50.5 Å². The van der Waals surface area contributed by atoms with Gasteiger partial charge in [-0.25, -0.2) is 15.0 Å². The number of benzene rings is 2. The normalized spacial score (nSPS) is 15.1. The zero-order valence-electron chi connectivity index (χ0n) is 22.3. The number of hydrogen-bond acceptors (Lipinski definition) is 8. The summed E-state index contributed by atoms with van der Waals surface area (Å²) in [5.74, 6) is 0.293. The monoisotopic (exact) mass is 602 g/mol. The number of amides is 3. The third kappa shape index (κ3) is 7.96. The number of methoxy groups -OCH3 is 1. The smallest absolute Gasteiger partial charge is 0.338 e. The SMILES string of the molecule is CCOC(=O)C1=C(C)NC(=O)N[C@@H]1c1ccc(OCC(=O)N/N=C/c2ccc(OC(C)C)c(Br)c2)c(OC)c1. The quantitative estimate of drug-likeness (QED) is 0.201. The van der Waals surface area contributed by atoms with Crippen molar-refractivity contribution in [3.05, 3.63) is 63.3 Å². The van der Waals surface area contributed by atoms with Crippen molar-refractivity contribution in [1.29, 1.82) is 0 Å². The van der Waals surface area contributed by atoms with Gasteiger partial charge < -0.3 is 29.6 Å². The fourth-order valence-electron chi connectivity index (χ4n) is 3.71. The molecule has 3 N–H and O–H groups in total. The first-order chi connectivity index (χ1) is 18.6. The number of hydrogen-bond donors (Lipinski definition) is 3. The van der Waals surface area contributed by atoms with Gasteiger partial charge in [-0.15, -0.1) is 0 Å². The summed E-state index contributed by atoms with van der Waals surface area (Å²) in [6.07, 6.45) is 1.55. The van der Waals surface area contributed by atoms with Crippen LogP contribution in [0.15, 0.2) is 57.2 Å². The van der Waals surface area contributed by atoms with Crippen molar-refractivity contribution >= 4 is 40.1 Å². The van der Waals surface area contributed by atoms with E-state index in [-0.39, 0.29) is 24.9 Å². The first kappa shape index (κ1) is 29.5. The number of carbonyl (C=O) groups excluding carboxylic acids is 3. The molecule has 0 saturated heterocycles. The van der Waals surface area contributed by atoms with E-state index in [0.29, 0.717) is 28.5 Å². The summed E-state index contributed by atoms with van der Waals surface area (Å²) in [6.45, 7) is 7.08. The molecule has 1 atom stereocenters. The Morgan fingerprint density at radius 2 is 1.90 bits per heavy atom. The van der Waals surface area contributed by atoms with Crippen LogP contribution < -0.4 is 30.3 Å². The fourth-order valence-corrected chi connectivity index (χ4v) is 4.20. The maximum Gasteiger partial charge on any atom is 0.338 e. The number of rotatable bonds is 11. The van der Waals surface area contributed by atoms with Gasteiger partial charge in [-0.3, -0.25) is 4.79 Å². The maximum absolute atomic E-state index is 12.6. The van der Waals surface area contributed by atoms with E-state index in [1.165, 1.54) is 13.3 Å². The van der Waals surface area contributed by atoms with Crippen LogP contribution in [-0.2, 0) is 14.3 Å². The van der Waals surface area contributed by atoms with Crippen molar-refractivity contribution in [3.8, 4) is 17.2 Å². The first-order valence-electron chi connectivity index (χ1n) is 12.2. The summed E-state index contributed by atoms with van der Waals surface area (Å²) in [4.78, 5) is 36.9. The van der Waals surface area contributed by atoms with Crippen molar-refractivity contribution in [1.82, 2.24) is 16.1 Å². The van der Waals surface area contributed by atoms with Gasteiger partial charge in [0.25, 0.3) is 5.91 Å². The third-order valence-electron chi connectivity index (χ3n) is 5.37. The van der Waals surface area contributed by atoms with E-state index in [4.69, 9.17) is 18.9 Å². The van der Waals surface area contributed by atoms with Gasteiger partial charge >= 0.3 is 12.0 Å². The Labute approximate surface area is 235 Å². The number of ether oxygens (including phenoxy) is 4. The van der Waals surface area contributed by atoms with Gasteiger partial charge in [-0.05, 0) is 85.1 Å². The predicted molar refractivity (Wildman–Crippen MR) is 148 cm³/mol. The molecule has 2 aromatic carbocycles. The Kier molecular flexibility index (Phi) is 10.3. The van der Waals surface area contributed by atoms with E-state index >= 15 is 0 Å². The largest absolute Gasteiger partial charge is 0.493 e. The highest BCUT2D eigenvalue weighted by Gasteiger charge is 2.32. The van der Waals surface area contributed by atoms with Crippen LogP contribution in [0.1, 0.15) is 44.9 Å². The molecule has 0 aromatic heterocycles. The highest BCUT2D eigenvalue weighted by Crippen LogP contribution is 2.34. The second-order valence-corrected chi connectivity index (χ2v) is 9.49. The highest BCUT2D eigenvalue weighted by atomic mass is 79.9. The number of nitrogens with zero attached hydrogens (tertiary/aromatic N) is 1. The third-order valence-corrected chi connectivity index (χ3v) is 5.99. The zero-order chi connectivity index (χ0) is 28.5. The molecule has 3 rings (SSSR count). The van der Waals surface area contributed by atoms with E-state index in [1.54, 1.807) is 32.0 Å². The second-order valence-electron chi connectivity index (χ2n) is 8.64. The van der Waals surface area contributed by atoms with Crippen molar-refractivity contribution < 1.29 is 33.3 Å². The average molecular weight is 603 g/mol. The van der Waals surface area contributed by atoms with Crippen LogP contribution in [0.25, 0.3) is 0 Å². The Hall–Kier alpha value is -4.06. The molecule has 2 aromatic rings. The maximum atomic E-state index is 12.6. The van der Waals surface area contributed by atoms with Gasteiger partial charge in [0.2, 0.25) is 0 Å². The molecular formula is C27H31BrN4O7. The molecule has 12 heteroatoms. The number of halogens is 1. The van der Waals surface area contributed by atoms with Crippen LogP contribution in [0.5, 0.6) is 17.2 Å². The molecule has 3 amide bonds. The molecule has 0 bridgehead atoms. The summed E-state index contributed by atoms with van der Waals surface area (Å²) < 4.78 is 22.7. The van der Waals surface area contributed by atoms with Gasteiger partial charge in [0, 0.05) is 5.70 Å². The van der Waals surface area contributed by atoms with Crippen LogP contribution in [0.3, 0.4) is 0 Å². The lowest BCUT2D eigenvalue weighted by Crippen LogP contribution is -2.45. The summed E-state index contributed by atoms with van der Waals surface area (Å²) in [6, 6.07) is 9.13. The topological polar surface area (TPSA) is 137 Å². The van der Waals surface area contributed by atoms with E-state index in [1.807, 2.05) is 32.0 Å². The van der Waals surface area contributed by atoms with Gasteiger partial charge in [-0.1, -0.05) is 6.07 Å². The highest BCUT2D eigenvalue weighted by molar-refractivity contribution is 9.10. The van der Waals surface area contributed by atoms with Crippen LogP contribution in [0, 0.1) is 0 Å². The van der Waals surface area contributed by atoms with E-state index in [2.05, 4.69) is 37.1 Å². The number of nitrogens with one attached hydrogen (secondary N) is 3. The van der Waals surface area contributed by atoms with Gasteiger partial charge in [0.1, 0.15) is 5.75 Å². The van der Waals surface area contributed by atoms with Gasteiger partial charge in [-0.2, -0.15) is 5.10 Å². The molecule has 0 spiro atoms. The number of carbonyl (C=O) groups is 3. The molecule has 11 nitrogen and oxygen atoms in total. The van der Waals surface area contributed by atoms with Gasteiger partial charge in [0.15, 0.2) is 18.1 Å². The molecule has 0 radical (unpaired) electrons. The lowest BCUT2D eigenvalue weighted by atomic mass is 9.95. The van der Waals surface area contributed by atoms with Crippen molar-refractivity contribution in [2.75, 3.05) is 20.3 Å². The number of esters is 1. The summed E-state index contributed by atoms with van der Waals surface area (Å²) in [7, 11) is 1.44. The lowest BCUT2D eigenvalue weighted by molar-refractivity contribution is -0.139. The minimum absolute atomic E-state index is 0.0449. The van der Waals surface area contributed by atoms with Crippen LogP contribution >= 0.6 is 15.9 Å². The van der Waals surface area contributed by atoms with E-state index in [0.717, 1.165) is 10.0 Å². The number of allylic oxidation sites excluding steroid dienone is 1. The molecule has 1 aliphatic heterocycles. The molecule has 208 valence electrons. The Morgan fingerprint density at radius 1 is 1.15 bits per heavy atom. The molecule has 0 saturated carbocycles. The second kappa shape index (κ2) is 13.7. The summed E-state index contributed by atoms with van der Waals surface area (Å²) in [5, 5.41) is 9.28. The molecule has 0 unspecified atom stereocenters. The summed E-state index contributed by atoms with van der Waals surface area (Å²) in [5.41, 5.74) is 4.41.